The van der Waals surface area contributed by atoms with Gasteiger partial charge in [0.25, 0.3) is 0 Å². The van der Waals surface area contributed by atoms with Crippen molar-refractivity contribution in [3.8, 4) is 0 Å². The van der Waals surface area contributed by atoms with Crippen molar-refractivity contribution in [2.75, 3.05) is 0 Å². The topological polar surface area (TPSA) is 40.1 Å². The van der Waals surface area contributed by atoms with Crippen molar-refractivity contribution < 1.29 is 78.8 Å². The predicted octanol–water partition coefficient (Wildman–Crippen LogP) is -0.0227. The molecule has 0 unspecified atom stereocenters. The summed E-state index contributed by atoms with van der Waals surface area (Å²) >= 11 is 0. The van der Waals surface area contributed by atoms with Crippen molar-refractivity contribution in [1.82, 2.24) is 0 Å². The van der Waals surface area contributed by atoms with E-state index in [0.717, 1.165) is 32.7 Å². The summed E-state index contributed by atoms with van der Waals surface area (Å²) in [6, 6.07) is 13.7. The fourth-order valence-electron chi connectivity index (χ4n) is 2.57. The molecule has 20 heavy (non-hydrogen) atoms. The van der Waals surface area contributed by atoms with Crippen molar-refractivity contribution in [2.45, 2.75) is 13.8 Å². The van der Waals surface area contributed by atoms with Crippen molar-refractivity contribution in [2.24, 2.45) is 0 Å². The molecule has 3 aromatic rings. The molecule has 0 atom stereocenters. The van der Waals surface area contributed by atoms with E-state index in [-0.39, 0.29) is 74.5 Å². The molecule has 0 amide bonds. The number of fused-ring (bicyclic) bond motifs is 2. The van der Waals surface area contributed by atoms with Crippen LogP contribution in [0.4, 0.5) is 0 Å². The van der Waals surface area contributed by atoms with Gasteiger partial charge in [-0.2, -0.15) is 0 Å². The summed E-state index contributed by atoms with van der Waals surface area (Å²) in [5, 5.41) is 14.9. The Kier molecular flexibility index (Phi) is 5.00. The Morgan fingerprint density at radius 1 is 0.850 bits per heavy atom. The molecule has 0 fully saturated rings. The molecule has 0 N–H and O–H groups in total. The van der Waals surface area contributed by atoms with Crippen LogP contribution in [0.2, 0.25) is 0 Å². The average Bonchev–Trinajstić information content (AvgIpc) is 2.35. The van der Waals surface area contributed by atoms with Gasteiger partial charge in [0.2, 0.25) is 0 Å². The molecule has 3 aromatic carbocycles. The van der Waals surface area contributed by atoms with Gasteiger partial charge < -0.3 is 9.90 Å². The van der Waals surface area contributed by atoms with E-state index in [2.05, 4.69) is 0 Å². The molecule has 2 nitrogen and oxygen atoms in total. The molecular formula is C17H13CsO2. The molecule has 0 aromatic heterocycles. The van der Waals surface area contributed by atoms with E-state index in [1.165, 1.54) is 0 Å². The summed E-state index contributed by atoms with van der Waals surface area (Å²) in [5.74, 6) is -1.12. The molecule has 0 spiro atoms. The van der Waals surface area contributed by atoms with Crippen molar-refractivity contribution in [3.63, 3.8) is 0 Å². The van der Waals surface area contributed by atoms with Gasteiger partial charge in [0.05, 0.1) is 5.97 Å². The van der Waals surface area contributed by atoms with Crippen LogP contribution in [-0.2, 0) is 0 Å². The second-order valence-corrected chi connectivity index (χ2v) is 4.99. The number of aryl methyl sites for hydroxylation is 2. The van der Waals surface area contributed by atoms with Crippen molar-refractivity contribution in [3.05, 3.63) is 59.2 Å². The summed E-state index contributed by atoms with van der Waals surface area (Å²) in [5.41, 5.74) is 2.45. The first-order chi connectivity index (χ1) is 9.06. The summed E-state index contributed by atoms with van der Waals surface area (Å²) in [4.78, 5) is 11.5. The van der Waals surface area contributed by atoms with Crippen LogP contribution in [-0.4, -0.2) is 5.97 Å². The van der Waals surface area contributed by atoms with Gasteiger partial charge in [0, 0.05) is 5.56 Å². The second-order valence-electron chi connectivity index (χ2n) is 4.99. The van der Waals surface area contributed by atoms with Gasteiger partial charge in [-0.1, -0.05) is 47.5 Å². The third-order valence-corrected chi connectivity index (χ3v) is 3.47. The predicted molar refractivity (Wildman–Crippen MR) is 75.3 cm³/mol. The number of rotatable bonds is 1. The maximum atomic E-state index is 11.5. The van der Waals surface area contributed by atoms with Gasteiger partial charge in [0.15, 0.2) is 0 Å². The van der Waals surface area contributed by atoms with E-state index in [9.17, 15) is 9.90 Å². The van der Waals surface area contributed by atoms with E-state index in [1.54, 1.807) is 0 Å². The van der Waals surface area contributed by atoms with Gasteiger partial charge in [-0.3, -0.25) is 0 Å². The number of carboxylic acids is 1. The molecular weight excluding hydrogens is 369 g/mol. The van der Waals surface area contributed by atoms with Gasteiger partial charge in [0.1, 0.15) is 0 Å². The van der Waals surface area contributed by atoms with Crippen LogP contribution in [0.25, 0.3) is 21.5 Å². The smallest absolute Gasteiger partial charge is 0.545 e. The zero-order valence-corrected chi connectivity index (χ0v) is 18.1. The molecule has 0 saturated heterocycles. The SMILES string of the molecule is Cc1ccc2c(C(=O)[O-])c3cc(C)ccc3cc2c1.[Cs+]. The van der Waals surface area contributed by atoms with E-state index in [4.69, 9.17) is 0 Å². The number of benzene rings is 3. The van der Waals surface area contributed by atoms with Gasteiger partial charge >= 0.3 is 68.9 Å². The minimum absolute atomic E-state index is 0. The van der Waals surface area contributed by atoms with Crippen LogP contribution in [0.15, 0.2) is 42.5 Å². The fourth-order valence-corrected chi connectivity index (χ4v) is 2.57. The average molecular weight is 382 g/mol. The van der Waals surface area contributed by atoms with E-state index in [1.807, 2.05) is 56.3 Å². The first kappa shape index (κ1) is 16.1. The number of carboxylic acid groups (broad SMARTS) is 1. The molecule has 0 bridgehead atoms. The maximum absolute atomic E-state index is 11.5. The molecule has 0 heterocycles. The van der Waals surface area contributed by atoms with Crippen LogP contribution < -0.4 is 74.0 Å². The minimum atomic E-state index is -1.12. The van der Waals surface area contributed by atoms with E-state index >= 15 is 0 Å². The second kappa shape index (κ2) is 6.22. The van der Waals surface area contributed by atoms with Gasteiger partial charge in [-0.15, -0.1) is 0 Å². The minimum Gasteiger partial charge on any atom is -0.545 e. The Balaban J connectivity index is 0.00000147. The summed E-state index contributed by atoms with van der Waals surface area (Å²) in [6.45, 7) is 3.95. The van der Waals surface area contributed by atoms with E-state index < -0.39 is 5.97 Å². The van der Waals surface area contributed by atoms with Crippen LogP contribution in [0.5, 0.6) is 0 Å². The summed E-state index contributed by atoms with van der Waals surface area (Å²) in [6.07, 6.45) is 0. The maximum Gasteiger partial charge on any atom is 1.00 e. The first-order valence-electron chi connectivity index (χ1n) is 6.21. The van der Waals surface area contributed by atoms with Crippen LogP contribution in [0, 0.1) is 13.8 Å². The number of hydrogen-bond acceptors (Lipinski definition) is 2. The van der Waals surface area contributed by atoms with Crippen LogP contribution in [0.3, 0.4) is 0 Å². The zero-order chi connectivity index (χ0) is 13.6. The number of carbonyl (C=O) groups excluding carboxylic acids is 1. The zero-order valence-electron chi connectivity index (χ0n) is 11.9. The third kappa shape index (κ3) is 2.84. The first-order valence-corrected chi connectivity index (χ1v) is 6.21. The molecule has 3 heteroatoms. The molecule has 0 saturated carbocycles. The Morgan fingerprint density at radius 2 is 1.50 bits per heavy atom. The monoisotopic (exact) mass is 382 g/mol. The Labute approximate surface area is 176 Å². The molecule has 0 aliphatic rings. The molecule has 0 aliphatic heterocycles. The van der Waals surface area contributed by atoms with Gasteiger partial charge in [-0.25, -0.2) is 0 Å². The normalized spacial score (nSPS) is 10.5. The number of aromatic carboxylic acids is 1. The Morgan fingerprint density at radius 3 is 2.20 bits per heavy atom. The van der Waals surface area contributed by atoms with Crippen molar-refractivity contribution in [1.29, 1.82) is 0 Å². The third-order valence-electron chi connectivity index (χ3n) is 3.47. The van der Waals surface area contributed by atoms with Crippen LogP contribution >= 0.6 is 0 Å². The Hall–Kier alpha value is -0.298. The number of carbonyl (C=O) groups is 1. The van der Waals surface area contributed by atoms with Crippen molar-refractivity contribution >= 4 is 27.5 Å². The summed E-state index contributed by atoms with van der Waals surface area (Å²) < 4.78 is 0. The molecule has 94 valence electrons. The molecule has 0 radical (unpaired) electrons. The summed E-state index contributed by atoms with van der Waals surface area (Å²) in [7, 11) is 0. The van der Waals surface area contributed by atoms with E-state index in [0.29, 0.717) is 0 Å². The van der Waals surface area contributed by atoms with Crippen LogP contribution in [0.1, 0.15) is 21.5 Å². The standard InChI is InChI=1S/C17H14O2.Cs/c1-10-4-6-14-13(7-10)9-12-5-3-11(2)8-15(12)16(14)17(18)19;/h3-9H,1-2H3,(H,18,19);/q;+1/p-1. The van der Waals surface area contributed by atoms with Gasteiger partial charge in [-0.05, 0) is 41.5 Å². The number of hydrogen-bond donors (Lipinski definition) is 0. The Bertz CT molecular complexity index is 822. The largest absolute Gasteiger partial charge is 1.00 e. The quantitative estimate of drug-likeness (QED) is 0.555. The fraction of sp³-hybridized carbons (Fsp3) is 0.118. The molecule has 0 aliphatic carbocycles. The molecule has 3 rings (SSSR count).